The van der Waals surface area contributed by atoms with Crippen molar-refractivity contribution in [2.75, 3.05) is 0 Å². The molecule has 25 heavy (non-hydrogen) atoms. The summed E-state index contributed by atoms with van der Waals surface area (Å²) < 4.78 is 14.8. The van der Waals surface area contributed by atoms with Crippen LogP contribution in [0.15, 0.2) is 58.5 Å². The number of benzene rings is 2. The Hall–Kier alpha value is -2.14. The van der Waals surface area contributed by atoms with Gasteiger partial charge in [-0.2, -0.15) is 0 Å². The van der Waals surface area contributed by atoms with Gasteiger partial charge < -0.3 is 0 Å². The zero-order chi connectivity index (χ0) is 17.6. The number of halogens is 1. The molecule has 3 rings (SSSR count). The third-order valence-electron chi connectivity index (χ3n) is 4.09. The minimum Gasteiger partial charge on any atom is -0.287 e. The van der Waals surface area contributed by atoms with Crippen molar-refractivity contribution in [1.82, 2.24) is 9.55 Å². The normalized spacial score (nSPS) is 11.1. The monoisotopic (exact) mass is 356 g/mol. The number of hydrogen-bond acceptors (Lipinski definition) is 3. The molecule has 0 radical (unpaired) electrons. The molecule has 0 N–H and O–H groups in total. The Morgan fingerprint density at radius 3 is 2.60 bits per heavy atom. The molecule has 0 saturated heterocycles. The van der Waals surface area contributed by atoms with Gasteiger partial charge in [-0.25, -0.2) is 9.37 Å². The highest BCUT2D eigenvalue weighted by molar-refractivity contribution is 7.98. The lowest BCUT2D eigenvalue weighted by molar-refractivity contribution is 0.541. The molecule has 2 aromatic carbocycles. The molecule has 1 heterocycles. The minimum atomic E-state index is -0.242. The van der Waals surface area contributed by atoms with Crippen LogP contribution in [0.1, 0.15) is 31.7 Å². The Morgan fingerprint density at radius 2 is 1.84 bits per heavy atom. The molecular formula is C20H21FN2OS. The van der Waals surface area contributed by atoms with Crippen LogP contribution < -0.4 is 5.56 Å². The molecule has 0 atom stereocenters. The quantitative estimate of drug-likeness (QED) is 0.339. The van der Waals surface area contributed by atoms with Crippen molar-refractivity contribution in [3.05, 3.63) is 70.3 Å². The summed E-state index contributed by atoms with van der Waals surface area (Å²) in [6, 6.07) is 13.9. The zero-order valence-corrected chi connectivity index (χ0v) is 15.1. The predicted molar refractivity (Wildman–Crippen MR) is 101 cm³/mol. The van der Waals surface area contributed by atoms with Crippen LogP contribution in [0.5, 0.6) is 0 Å². The molecule has 3 nitrogen and oxygen atoms in total. The molecule has 3 aromatic rings. The van der Waals surface area contributed by atoms with Gasteiger partial charge in [-0.1, -0.05) is 55.8 Å². The average molecular weight is 356 g/mol. The van der Waals surface area contributed by atoms with Crippen LogP contribution >= 0.6 is 11.8 Å². The van der Waals surface area contributed by atoms with Gasteiger partial charge in [0.1, 0.15) is 5.82 Å². The Bertz CT molecular complexity index is 906. The molecule has 0 aliphatic rings. The first-order valence-corrected chi connectivity index (χ1v) is 9.54. The van der Waals surface area contributed by atoms with Crippen LogP contribution in [-0.4, -0.2) is 9.55 Å². The fourth-order valence-corrected chi connectivity index (χ4v) is 3.68. The van der Waals surface area contributed by atoms with Gasteiger partial charge in [0.2, 0.25) is 0 Å². The smallest absolute Gasteiger partial charge is 0.262 e. The van der Waals surface area contributed by atoms with Crippen molar-refractivity contribution >= 4 is 22.7 Å². The lowest BCUT2D eigenvalue weighted by Gasteiger charge is -2.13. The number of aromatic nitrogens is 2. The molecule has 130 valence electrons. The number of unbranched alkanes of at least 4 members (excludes halogenated alkanes) is 2. The van der Waals surface area contributed by atoms with Gasteiger partial charge in [0.05, 0.1) is 10.9 Å². The van der Waals surface area contributed by atoms with Gasteiger partial charge in [-0.3, -0.25) is 9.36 Å². The van der Waals surface area contributed by atoms with Crippen LogP contribution in [0, 0.1) is 5.82 Å². The van der Waals surface area contributed by atoms with Gasteiger partial charge in [-0.05, 0) is 36.2 Å². The molecule has 1 aromatic heterocycles. The maximum Gasteiger partial charge on any atom is 0.262 e. The highest BCUT2D eigenvalue weighted by atomic mass is 32.2. The van der Waals surface area contributed by atoms with Crippen molar-refractivity contribution in [1.29, 1.82) is 0 Å². The lowest BCUT2D eigenvalue weighted by Crippen LogP contribution is -2.23. The van der Waals surface area contributed by atoms with Gasteiger partial charge in [0.25, 0.3) is 5.56 Å². The molecule has 0 spiro atoms. The first kappa shape index (κ1) is 17.7. The largest absolute Gasteiger partial charge is 0.287 e. The highest BCUT2D eigenvalue weighted by Crippen LogP contribution is 2.22. The topological polar surface area (TPSA) is 34.9 Å². The molecule has 0 bridgehead atoms. The Labute approximate surface area is 150 Å². The highest BCUT2D eigenvalue weighted by Gasteiger charge is 2.11. The summed E-state index contributed by atoms with van der Waals surface area (Å²) in [6.45, 7) is 2.82. The summed E-state index contributed by atoms with van der Waals surface area (Å²) >= 11 is 1.52. The minimum absolute atomic E-state index is 0.0170. The second kappa shape index (κ2) is 8.30. The van der Waals surface area contributed by atoms with Crippen LogP contribution in [0.4, 0.5) is 4.39 Å². The Morgan fingerprint density at radius 1 is 1.08 bits per heavy atom. The molecule has 0 aliphatic carbocycles. The van der Waals surface area contributed by atoms with Crippen LogP contribution in [0.2, 0.25) is 0 Å². The summed E-state index contributed by atoms with van der Waals surface area (Å²) in [7, 11) is 0. The van der Waals surface area contributed by atoms with Crippen molar-refractivity contribution < 1.29 is 4.39 Å². The molecule has 0 amide bonds. The van der Waals surface area contributed by atoms with E-state index in [9.17, 15) is 9.18 Å². The van der Waals surface area contributed by atoms with E-state index in [0.717, 1.165) is 35.5 Å². The number of hydrogen-bond donors (Lipinski definition) is 0. The van der Waals surface area contributed by atoms with Gasteiger partial charge in [0, 0.05) is 12.3 Å². The molecule has 5 heteroatoms. The second-order valence-corrected chi connectivity index (χ2v) is 6.93. The van der Waals surface area contributed by atoms with Crippen LogP contribution in [0.25, 0.3) is 10.9 Å². The van der Waals surface area contributed by atoms with E-state index in [1.807, 2.05) is 24.3 Å². The van der Waals surface area contributed by atoms with Crippen LogP contribution in [-0.2, 0) is 12.3 Å². The third-order valence-corrected chi connectivity index (χ3v) is 5.14. The molecule has 0 aliphatic heterocycles. The van der Waals surface area contributed by atoms with Gasteiger partial charge >= 0.3 is 0 Å². The van der Waals surface area contributed by atoms with Crippen molar-refractivity contribution in [2.24, 2.45) is 0 Å². The predicted octanol–water partition coefficient (Wildman–Crippen LogP) is 5.02. The summed E-state index contributed by atoms with van der Waals surface area (Å²) in [5, 5.41) is 1.38. The van der Waals surface area contributed by atoms with Crippen molar-refractivity contribution in [3.63, 3.8) is 0 Å². The SMILES string of the molecule is CCCCCn1c(SCc2ccc(F)cc2)nc2ccccc2c1=O. The standard InChI is InChI=1S/C20H21FN2OS/c1-2-3-6-13-23-19(24)17-7-4-5-8-18(17)22-20(23)25-14-15-9-11-16(21)12-10-15/h4-5,7-12H,2-3,6,13-14H2,1H3. The average Bonchev–Trinajstić information content (AvgIpc) is 2.63. The molecule has 0 unspecified atom stereocenters. The number of para-hydroxylation sites is 1. The van der Waals surface area contributed by atoms with Gasteiger partial charge in [0.15, 0.2) is 5.16 Å². The summed E-state index contributed by atoms with van der Waals surface area (Å²) in [4.78, 5) is 17.6. The fraction of sp³-hybridized carbons (Fsp3) is 0.300. The Kier molecular flexibility index (Phi) is 5.87. The maximum absolute atomic E-state index is 13.0. The zero-order valence-electron chi connectivity index (χ0n) is 14.2. The fourth-order valence-electron chi connectivity index (χ4n) is 2.70. The van der Waals surface area contributed by atoms with Crippen molar-refractivity contribution in [2.45, 2.75) is 43.6 Å². The van der Waals surface area contributed by atoms with E-state index in [1.54, 1.807) is 16.7 Å². The van der Waals surface area contributed by atoms with E-state index in [0.29, 0.717) is 17.7 Å². The maximum atomic E-state index is 13.0. The number of thioether (sulfide) groups is 1. The van der Waals surface area contributed by atoms with Crippen molar-refractivity contribution in [3.8, 4) is 0 Å². The van der Waals surface area contributed by atoms with Gasteiger partial charge in [-0.15, -0.1) is 0 Å². The molecule has 0 fully saturated rings. The van der Waals surface area contributed by atoms with E-state index in [-0.39, 0.29) is 11.4 Å². The number of fused-ring (bicyclic) bond motifs is 1. The number of nitrogens with zero attached hydrogens (tertiary/aromatic N) is 2. The van der Waals surface area contributed by atoms with E-state index in [1.165, 1.54) is 23.9 Å². The first-order chi connectivity index (χ1) is 12.2. The summed E-state index contributed by atoms with van der Waals surface area (Å²) in [6.07, 6.45) is 3.15. The van der Waals surface area contributed by atoms with Crippen LogP contribution in [0.3, 0.4) is 0 Å². The third kappa shape index (κ3) is 4.28. The lowest BCUT2D eigenvalue weighted by atomic mass is 10.2. The van der Waals surface area contributed by atoms with E-state index in [4.69, 9.17) is 4.98 Å². The van der Waals surface area contributed by atoms with E-state index in [2.05, 4.69) is 6.92 Å². The molecule has 0 saturated carbocycles. The Balaban J connectivity index is 1.91. The van der Waals surface area contributed by atoms with E-state index >= 15 is 0 Å². The van der Waals surface area contributed by atoms with E-state index < -0.39 is 0 Å². The number of rotatable bonds is 7. The molecular weight excluding hydrogens is 335 g/mol. The second-order valence-electron chi connectivity index (χ2n) is 5.99. The summed E-state index contributed by atoms with van der Waals surface area (Å²) in [5.41, 5.74) is 1.75. The summed E-state index contributed by atoms with van der Waals surface area (Å²) in [5.74, 6) is 0.410. The first-order valence-electron chi connectivity index (χ1n) is 8.56.